The largest absolute Gasteiger partial charge is 0.455 e. The Morgan fingerprint density at radius 3 is 2.63 bits per heavy atom. The van der Waals surface area contributed by atoms with Gasteiger partial charge in [-0.2, -0.15) is 0 Å². The molecule has 0 spiro atoms. The van der Waals surface area contributed by atoms with Gasteiger partial charge in [-0.15, -0.1) is 0 Å². The van der Waals surface area contributed by atoms with Crippen molar-refractivity contribution in [1.82, 2.24) is 0 Å². The third kappa shape index (κ3) is 4.77. The monoisotopic (exact) mass is 415 g/mol. The second kappa shape index (κ2) is 8.68. The van der Waals surface area contributed by atoms with Gasteiger partial charge >= 0.3 is 5.97 Å². The summed E-state index contributed by atoms with van der Waals surface area (Å²) in [6.07, 6.45) is -0.125. The summed E-state index contributed by atoms with van der Waals surface area (Å²) in [5.74, 6) is -2.94. The fourth-order valence-electron chi connectivity index (χ4n) is 3.06. The lowest BCUT2D eigenvalue weighted by Gasteiger charge is -2.16. The van der Waals surface area contributed by atoms with Crippen LogP contribution in [0.25, 0.3) is 0 Å². The second-order valence-corrected chi connectivity index (χ2v) is 6.80. The summed E-state index contributed by atoms with van der Waals surface area (Å²) < 4.78 is 17.9. The summed E-state index contributed by atoms with van der Waals surface area (Å²) in [6.45, 7) is 1.03. The van der Waals surface area contributed by atoms with Gasteiger partial charge < -0.3 is 15.0 Å². The number of nitrogens with one attached hydrogen (secondary N) is 1. The smallest absolute Gasteiger partial charge is 0.311 e. The highest BCUT2D eigenvalue weighted by atomic mass is 19.1. The topological polar surface area (TPSA) is 119 Å². The number of nitro benzene ring substituents is 1. The average molecular weight is 415 g/mol. The van der Waals surface area contributed by atoms with Crippen molar-refractivity contribution in [3.05, 3.63) is 64.0 Å². The molecule has 2 aromatic carbocycles. The highest BCUT2D eigenvalue weighted by Gasteiger charge is 2.37. The van der Waals surface area contributed by atoms with E-state index >= 15 is 0 Å². The molecule has 156 valence electrons. The molecule has 2 aromatic rings. The molecule has 1 aliphatic rings. The van der Waals surface area contributed by atoms with Crippen molar-refractivity contribution in [2.45, 2.75) is 13.3 Å². The number of benzene rings is 2. The van der Waals surface area contributed by atoms with Gasteiger partial charge in [0, 0.05) is 30.3 Å². The van der Waals surface area contributed by atoms with Gasteiger partial charge in [-0.3, -0.25) is 24.5 Å². The van der Waals surface area contributed by atoms with Crippen LogP contribution in [-0.4, -0.2) is 35.9 Å². The van der Waals surface area contributed by atoms with Crippen LogP contribution in [0.15, 0.2) is 42.5 Å². The van der Waals surface area contributed by atoms with Crippen LogP contribution < -0.4 is 10.2 Å². The number of hydrogen-bond acceptors (Lipinski definition) is 6. The van der Waals surface area contributed by atoms with E-state index in [4.69, 9.17) is 4.74 Å². The zero-order valence-electron chi connectivity index (χ0n) is 16.0. The molecule has 0 aliphatic carbocycles. The first kappa shape index (κ1) is 20.9. The maximum absolute atomic E-state index is 12.9. The lowest BCUT2D eigenvalue weighted by Crippen LogP contribution is -2.28. The van der Waals surface area contributed by atoms with E-state index in [1.54, 1.807) is 13.0 Å². The van der Waals surface area contributed by atoms with Crippen LogP contribution in [0.5, 0.6) is 0 Å². The first-order chi connectivity index (χ1) is 14.2. The maximum atomic E-state index is 12.9. The zero-order valence-corrected chi connectivity index (χ0v) is 16.0. The number of hydrogen-bond donors (Lipinski definition) is 1. The van der Waals surface area contributed by atoms with E-state index in [2.05, 4.69) is 5.32 Å². The quantitative estimate of drug-likeness (QED) is 0.440. The van der Waals surface area contributed by atoms with Crippen molar-refractivity contribution in [3.63, 3.8) is 0 Å². The maximum Gasteiger partial charge on any atom is 0.311 e. The molecule has 0 aromatic heterocycles. The number of nitrogens with zero attached hydrogens (tertiary/aromatic N) is 2. The SMILES string of the molecule is Cc1ccc(N2C[C@@H](C(=O)OCC(=O)Nc3ccc(F)cc3)CC2=O)cc1[N+](=O)[O-]. The van der Waals surface area contributed by atoms with Crippen LogP contribution in [0.4, 0.5) is 21.5 Å². The van der Waals surface area contributed by atoms with Crippen LogP contribution >= 0.6 is 0 Å². The van der Waals surface area contributed by atoms with Gasteiger partial charge in [0.2, 0.25) is 5.91 Å². The Morgan fingerprint density at radius 2 is 1.97 bits per heavy atom. The number of nitro groups is 1. The van der Waals surface area contributed by atoms with Crippen LogP contribution in [0.1, 0.15) is 12.0 Å². The van der Waals surface area contributed by atoms with Gasteiger partial charge in [0.25, 0.3) is 11.6 Å². The number of anilines is 2. The number of ether oxygens (including phenoxy) is 1. The molecular weight excluding hydrogens is 397 g/mol. The molecule has 3 rings (SSSR count). The molecule has 1 heterocycles. The number of esters is 1. The Hall–Kier alpha value is -3.82. The number of aryl methyl sites for hydroxylation is 1. The van der Waals surface area contributed by atoms with Crippen molar-refractivity contribution >= 4 is 34.8 Å². The first-order valence-electron chi connectivity index (χ1n) is 9.02. The predicted molar refractivity (Wildman–Crippen MR) is 104 cm³/mol. The number of rotatable bonds is 6. The third-order valence-corrected chi connectivity index (χ3v) is 4.63. The van der Waals surface area contributed by atoms with Crippen molar-refractivity contribution in [2.75, 3.05) is 23.4 Å². The zero-order chi connectivity index (χ0) is 21.8. The molecule has 1 aliphatic heterocycles. The van der Waals surface area contributed by atoms with Crippen LogP contribution in [0.3, 0.4) is 0 Å². The molecule has 10 heteroatoms. The predicted octanol–water partition coefficient (Wildman–Crippen LogP) is 2.58. The van der Waals surface area contributed by atoms with Gasteiger partial charge in [0.1, 0.15) is 5.82 Å². The normalized spacial score (nSPS) is 15.7. The summed E-state index contributed by atoms with van der Waals surface area (Å²) in [7, 11) is 0. The summed E-state index contributed by atoms with van der Waals surface area (Å²) in [5, 5.41) is 13.6. The Balaban J connectivity index is 1.57. The van der Waals surface area contributed by atoms with Crippen LogP contribution in [0, 0.1) is 28.8 Å². The minimum atomic E-state index is -0.795. The van der Waals surface area contributed by atoms with E-state index in [-0.39, 0.29) is 24.6 Å². The molecule has 30 heavy (non-hydrogen) atoms. The van der Waals surface area contributed by atoms with Gasteiger partial charge in [-0.1, -0.05) is 6.07 Å². The van der Waals surface area contributed by atoms with Crippen molar-refractivity contribution in [1.29, 1.82) is 0 Å². The standard InChI is InChI=1S/C20H18FN3O6/c1-12-2-7-16(9-17(12)24(28)29)23-10-13(8-19(23)26)20(27)30-11-18(25)22-15-5-3-14(21)4-6-15/h2-7,9,13H,8,10-11H2,1H3,(H,22,25)/t13-/m0/s1. The molecule has 1 atom stereocenters. The lowest BCUT2D eigenvalue weighted by molar-refractivity contribution is -0.385. The van der Waals surface area contributed by atoms with Crippen molar-refractivity contribution in [3.8, 4) is 0 Å². The first-order valence-corrected chi connectivity index (χ1v) is 9.02. The Bertz CT molecular complexity index is 1010. The van der Waals surface area contributed by atoms with Gasteiger partial charge in [0.05, 0.1) is 16.5 Å². The number of amides is 2. The van der Waals surface area contributed by atoms with Crippen LogP contribution in [0.2, 0.25) is 0 Å². The fraction of sp³-hybridized carbons (Fsp3) is 0.250. The number of carbonyl (C=O) groups is 3. The average Bonchev–Trinajstić information content (AvgIpc) is 3.10. The molecular formula is C20H18FN3O6. The van der Waals surface area contributed by atoms with E-state index in [9.17, 15) is 28.9 Å². The third-order valence-electron chi connectivity index (χ3n) is 4.63. The molecule has 1 saturated heterocycles. The molecule has 0 saturated carbocycles. The van der Waals surface area contributed by atoms with Gasteiger partial charge in [0.15, 0.2) is 6.61 Å². The van der Waals surface area contributed by atoms with Gasteiger partial charge in [-0.05, 0) is 37.3 Å². The molecule has 2 amide bonds. The Kier molecular flexibility index (Phi) is 6.05. The Labute approximate surface area is 170 Å². The molecule has 0 radical (unpaired) electrons. The van der Waals surface area contributed by atoms with E-state index in [1.807, 2.05) is 0 Å². The van der Waals surface area contributed by atoms with E-state index < -0.39 is 35.1 Å². The summed E-state index contributed by atoms with van der Waals surface area (Å²) in [4.78, 5) is 48.3. The van der Waals surface area contributed by atoms with Crippen LogP contribution in [-0.2, 0) is 19.1 Å². The van der Waals surface area contributed by atoms with Crippen molar-refractivity contribution < 1.29 is 28.4 Å². The van der Waals surface area contributed by atoms with E-state index in [1.165, 1.54) is 41.3 Å². The fourth-order valence-corrected chi connectivity index (χ4v) is 3.06. The summed E-state index contributed by atoms with van der Waals surface area (Å²) >= 11 is 0. The molecule has 0 bridgehead atoms. The molecule has 1 fully saturated rings. The minimum Gasteiger partial charge on any atom is -0.455 e. The lowest BCUT2D eigenvalue weighted by atomic mass is 10.1. The van der Waals surface area contributed by atoms with E-state index in [0.29, 0.717) is 16.9 Å². The number of halogens is 1. The summed E-state index contributed by atoms with van der Waals surface area (Å²) in [5.41, 5.74) is 1.00. The minimum absolute atomic E-state index is 0.00252. The highest BCUT2D eigenvalue weighted by Crippen LogP contribution is 2.30. The number of carbonyl (C=O) groups excluding carboxylic acids is 3. The second-order valence-electron chi connectivity index (χ2n) is 6.80. The highest BCUT2D eigenvalue weighted by molar-refractivity contribution is 6.00. The molecule has 1 N–H and O–H groups in total. The Morgan fingerprint density at radius 1 is 1.27 bits per heavy atom. The van der Waals surface area contributed by atoms with Gasteiger partial charge in [-0.25, -0.2) is 4.39 Å². The summed E-state index contributed by atoms with van der Waals surface area (Å²) in [6, 6.07) is 9.48. The van der Waals surface area contributed by atoms with Crippen molar-refractivity contribution in [2.24, 2.45) is 5.92 Å². The molecule has 9 nitrogen and oxygen atoms in total. The van der Waals surface area contributed by atoms with E-state index in [0.717, 1.165) is 0 Å². The molecule has 0 unspecified atom stereocenters.